The number of nitrogens with two attached hydrogens (primary N) is 1. The molecule has 4 aromatic rings. The van der Waals surface area contributed by atoms with Crippen LogP contribution < -0.4 is 20.7 Å². The number of anilines is 2. The monoisotopic (exact) mass is 609 g/mol. The molecule has 2 unspecified atom stereocenters. The van der Waals surface area contributed by atoms with Gasteiger partial charge >= 0.3 is 6.01 Å². The molecule has 224 valence electrons. The van der Waals surface area contributed by atoms with E-state index in [1.165, 1.54) is 6.07 Å². The molecule has 43 heavy (non-hydrogen) atoms. The molecule has 12 heteroatoms. The standard InChI is InChI=1S/C31H31ClF3N7O/c32-21-4-1-3-16-9-23(36)38-28(24(16)21)25-22(34)10-20-27(26(25)35)39-30(40-29(20)41-13-18-5-6-19(14-41)37-18)43-15-31-7-2-8-42(31)12-17(33)11-31/h1,3-4,9-10,17-19,37H,2,5-8,11-15H2,(H2,36,38)/t17-,18?,19?,31+/m1/s1. The zero-order valence-electron chi connectivity index (χ0n) is 23.4. The minimum Gasteiger partial charge on any atom is -0.461 e. The third-order valence-corrected chi connectivity index (χ3v) is 9.97. The minimum atomic E-state index is -0.913. The van der Waals surface area contributed by atoms with Crippen LogP contribution in [0.5, 0.6) is 6.01 Å². The lowest BCUT2D eigenvalue weighted by Crippen LogP contribution is -2.51. The highest BCUT2D eigenvalue weighted by Crippen LogP contribution is 2.42. The van der Waals surface area contributed by atoms with Gasteiger partial charge in [-0.1, -0.05) is 23.7 Å². The number of fused-ring (bicyclic) bond motifs is 5. The third-order valence-electron chi connectivity index (χ3n) is 9.65. The molecule has 8 nitrogen and oxygen atoms in total. The van der Waals surface area contributed by atoms with Crippen LogP contribution in [0.15, 0.2) is 30.3 Å². The smallest absolute Gasteiger partial charge is 0.319 e. The van der Waals surface area contributed by atoms with Crippen LogP contribution >= 0.6 is 11.6 Å². The van der Waals surface area contributed by atoms with Crippen molar-refractivity contribution in [2.45, 2.75) is 55.9 Å². The maximum Gasteiger partial charge on any atom is 0.319 e. The Hall–Kier alpha value is -3.41. The SMILES string of the molecule is Nc1cc2cccc(Cl)c2c(-c2c(F)cc3c(N4CC5CCC(C4)N5)nc(OC[C@@]45CCCN4C[C@H](F)C5)nc3c2F)n1. The molecular weight excluding hydrogens is 579 g/mol. The van der Waals surface area contributed by atoms with Gasteiger partial charge in [0.25, 0.3) is 0 Å². The first kappa shape index (κ1) is 27.2. The number of nitrogens with one attached hydrogen (secondary N) is 1. The summed E-state index contributed by atoms with van der Waals surface area (Å²) in [5, 5.41) is 5.13. The van der Waals surface area contributed by atoms with Gasteiger partial charge < -0.3 is 20.7 Å². The van der Waals surface area contributed by atoms with Crippen LogP contribution in [0.2, 0.25) is 5.02 Å². The van der Waals surface area contributed by atoms with Gasteiger partial charge in [-0.15, -0.1) is 0 Å². The average molecular weight is 610 g/mol. The van der Waals surface area contributed by atoms with Gasteiger partial charge in [0.15, 0.2) is 5.82 Å². The van der Waals surface area contributed by atoms with E-state index in [-0.39, 0.29) is 52.7 Å². The highest BCUT2D eigenvalue weighted by atomic mass is 35.5. The van der Waals surface area contributed by atoms with Crippen LogP contribution in [0.3, 0.4) is 0 Å². The van der Waals surface area contributed by atoms with Crippen molar-refractivity contribution in [2.75, 3.05) is 43.4 Å². The van der Waals surface area contributed by atoms with E-state index in [4.69, 9.17) is 27.1 Å². The molecule has 2 aromatic carbocycles. The number of nitrogens with zero attached hydrogens (tertiary/aromatic N) is 5. The highest BCUT2D eigenvalue weighted by molar-refractivity contribution is 6.36. The second kappa shape index (κ2) is 10.1. The maximum atomic E-state index is 16.7. The van der Waals surface area contributed by atoms with E-state index >= 15 is 8.78 Å². The fourth-order valence-corrected chi connectivity index (χ4v) is 8.04. The Morgan fingerprint density at radius 3 is 2.72 bits per heavy atom. The third kappa shape index (κ3) is 4.46. The van der Waals surface area contributed by atoms with Gasteiger partial charge in [0.1, 0.15) is 35.7 Å². The van der Waals surface area contributed by atoms with Crippen molar-refractivity contribution < 1.29 is 17.9 Å². The van der Waals surface area contributed by atoms with E-state index in [9.17, 15) is 4.39 Å². The number of nitrogen functional groups attached to an aromatic ring is 1. The molecule has 0 aliphatic carbocycles. The Labute approximate surface area is 251 Å². The molecule has 0 saturated carbocycles. The molecule has 4 atom stereocenters. The Balaban J connectivity index is 1.28. The molecule has 8 rings (SSSR count). The molecule has 4 fully saturated rings. The van der Waals surface area contributed by atoms with E-state index in [1.54, 1.807) is 24.3 Å². The Morgan fingerprint density at radius 2 is 1.91 bits per heavy atom. The number of benzene rings is 2. The number of alkyl halides is 1. The van der Waals surface area contributed by atoms with Crippen molar-refractivity contribution in [3.05, 3.63) is 47.0 Å². The zero-order chi connectivity index (χ0) is 29.5. The summed E-state index contributed by atoms with van der Waals surface area (Å²) in [4.78, 5) is 17.8. The molecule has 4 saturated heterocycles. The molecule has 3 N–H and O–H groups in total. The van der Waals surface area contributed by atoms with Crippen LogP contribution in [-0.4, -0.2) is 76.4 Å². The lowest BCUT2D eigenvalue weighted by Gasteiger charge is -2.34. The molecule has 2 aromatic heterocycles. The van der Waals surface area contributed by atoms with Gasteiger partial charge in [0.2, 0.25) is 0 Å². The van der Waals surface area contributed by atoms with Crippen molar-refractivity contribution in [3.8, 4) is 17.3 Å². The van der Waals surface area contributed by atoms with Gasteiger partial charge in [0, 0.05) is 48.9 Å². The Morgan fingerprint density at radius 1 is 1.09 bits per heavy atom. The van der Waals surface area contributed by atoms with Crippen LogP contribution in [0.4, 0.5) is 24.8 Å². The number of hydrogen-bond donors (Lipinski definition) is 2. The summed E-state index contributed by atoms with van der Waals surface area (Å²) < 4.78 is 53.4. The normalized spacial score (nSPS) is 27.0. The summed E-state index contributed by atoms with van der Waals surface area (Å²) in [5.41, 5.74) is 5.18. The molecule has 0 spiro atoms. The van der Waals surface area contributed by atoms with E-state index in [1.807, 2.05) is 0 Å². The highest BCUT2D eigenvalue weighted by Gasteiger charge is 2.49. The van der Waals surface area contributed by atoms with Crippen LogP contribution in [-0.2, 0) is 0 Å². The van der Waals surface area contributed by atoms with E-state index in [0.717, 1.165) is 32.2 Å². The summed E-state index contributed by atoms with van der Waals surface area (Å²) in [6, 6.07) is 8.54. The summed E-state index contributed by atoms with van der Waals surface area (Å²) in [7, 11) is 0. The van der Waals surface area contributed by atoms with Crippen LogP contribution in [0.1, 0.15) is 32.1 Å². The lowest BCUT2D eigenvalue weighted by atomic mass is 9.95. The zero-order valence-corrected chi connectivity index (χ0v) is 24.2. The van der Waals surface area contributed by atoms with Crippen molar-refractivity contribution in [2.24, 2.45) is 0 Å². The topological polar surface area (TPSA) is 92.4 Å². The molecule has 0 radical (unpaired) electrons. The first-order valence-electron chi connectivity index (χ1n) is 14.9. The van der Waals surface area contributed by atoms with E-state index in [0.29, 0.717) is 47.7 Å². The van der Waals surface area contributed by atoms with E-state index < -0.39 is 23.3 Å². The summed E-state index contributed by atoms with van der Waals surface area (Å²) in [5.74, 6) is -1.19. The number of ether oxygens (including phenoxy) is 1. The fraction of sp³-hybridized carbons (Fsp3) is 0.452. The second-order valence-electron chi connectivity index (χ2n) is 12.4. The number of halogens is 4. The van der Waals surface area contributed by atoms with Crippen molar-refractivity contribution in [1.82, 2.24) is 25.2 Å². The molecule has 6 heterocycles. The number of hydrogen-bond acceptors (Lipinski definition) is 8. The molecule has 2 bridgehead atoms. The first-order chi connectivity index (χ1) is 20.8. The molecule has 4 aliphatic rings. The predicted molar refractivity (Wildman–Crippen MR) is 160 cm³/mol. The summed E-state index contributed by atoms with van der Waals surface area (Å²) in [6.07, 6.45) is 3.30. The lowest BCUT2D eigenvalue weighted by molar-refractivity contribution is 0.107. The van der Waals surface area contributed by atoms with Gasteiger partial charge in [-0.2, -0.15) is 9.97 Å². The van der Waals surface area contributed by atoms with Crippen molar-refractivity contribution in [1.29, 1.82) is 0 Å². The minimum absolute atomic E-state index is 0.000720. The number of rotatable bonds is 5. The summed E-state index contributed by atoms with van der Waals surface area (Å²) >= 11 is 6.52. The van der Waals surface area contributed by atoms with E-state index in [2.05, 4.69) is 25.1 Å². The molecule has 0 amide bonds. The van der Waals surface area contributed by atoms with Crippen molar-refractivity contribution >= 4 is 44.9 Å². The van der Waals surface area contributed by atoms with Gasteiger partial charge in [-0.05, 0) is 55.8 Å². The van der Waals surface area contributed by atoms with Gasteiger partial charge in [0.05, 0.1) is 21.8 Å². The van der Waals surface area contributed by atoms with Crippen LogP contribution in [0.25, 0.3) is 32.9 Å². The Kier molecular flexibility index (Phi) is 6.36. The summed E-state index contributed by atoms with van der Waals surface area (Å²) in [6.45, 7) is 2.68. The quantitative estimate of drug-likeness (QED) is 0.317. The van der Waals surface area contributed by atoms with Gasteiger partial charge in [-0.25, -0.2) is 18.2 Å². The second-order valence-corrected chi connectivity index (χ2v) is 12.8. The predicted octanol–water partition coefficient (Wildman–Crippen LogP) is 5.25. The maximum absolute atomic E-state index is 16.7. The van der Waals surface area contributed by atoms with Crippen LogP contribution in [0, 0.1) is 11.6 Å². The van der Waals surface area contributed by atoms with Gasteiger partial charge in [-0.3, -0.25) is 4.90 Å². The number of pyridine rings is 1. The number of piperazine rings is 1. The first-order valence-corrected chi connectivity index (χ1v) is 15.2. The number of aromatic nitrogens is 3. The Bertz CT molecular complexity index is 1760. The molecule has 4 aliphatic heterocycles. The van der Waals surface area contributed by atoms with Crippen molar-refractivity contribution in [3.63, 3.8) is 0 Å². The fourth-order valence-electron chi connectivity index (χ4n) is 7.77. The molecular formula is C31H31ClF3N7O. The average Bonchev–Trinajstić information content (AvgIpc) is 3.62. The largest absolute Gasteiger partial charge is 0.461 e.